The Balaban J connectivity index is 2.24. The minimum Gasteiger partial charge on any atom is -0.375 e. The lowest BCUT2D eigenvalue weighted by Crippen LogP contribution is -2.50. The normalized spacial score (nSPS) is 24.1. The molecule has 1 heterocycles. The van der Waals surface area contributed by atoms with Gasteiger partial charge in [-0.25, -0.2) is 0 Å². The summed E-state index contributed by atoms with van der Waals surface area (Å²) < 4.78 is 6.49. The van der Waals surface area contributed by atoms with Gasteiger partial charge >= 0.3 is 0 Å². The zero-order valence-electron chi connectivity index (χ0n) is 10.9. The van der Waals surface area contributed by atoms with Gasteiger partial charge in [0.15, 0.2) is 0 Å². The summed E-state index contributed by atoms with van der Waals surface area (Å²) >= 11 is 3.44. The molecule has 0 saturated carbocycles. The molecular weight excluding hydrogens is 294 g/mol. The van der Waals surface area contributed by atoms with Crippen LogP contribution >= 0.6 is 15.9 Å². The van der Waals surface area contributed by atoms with E-state index in [4.69, 9.17) is 4.74 Å². The van der Waals surface area contributed by atoms with Crippen molar-refractivity contribution >= 4 is 21.8 Å². The molecule has 0 radical (unpaired) electrons. The summed E-state index contributed by atoms with van der Waals surface area (Å²) in [4.78, 5) is 14.4. The topological polar surface area (TPSA) is 29.5 Å². The van der Waals surface area contributed by atoms with E-state index in [1.807, 2.05) is 43.9 Å². The van der Waals surface area contributed by atoms with Gasteiger partial charge in [-0.1, -0.05) is 15.9 Å². The van der Waals surface area contributed by atoms with E-state index < -0.39 is 0 Å². The van der Waals surface area contributed by atoms with Crippen LogP contribution in [0.25, 0.3) is 0 Å². The molecule has 3 nitrogen and oxygen atoms in total. The molecule has 18 heavy (non-hydrogen) atoms. The molecule has 1 amide bonds. The standard InChI is InChI=1S/C14H18BrNO2/c1-9-4-12(6-13(15)5-9)14(17)16-7-11(3)18-8-10(16)2/h4-6,10-11H,7-8H2,1-3H3. The average molecular weight is 312 g/mol. The third kappa shape index (κ3) is 2.93. The zero-order chi connectivity index (χ0) is 13.3. The molecule has 0 aromatic heterocycles. The number of ether oxygens (including phenoxy) is 1. The van der Waals surface area contributed by atoms with Crippen molar-refractivity contribution in [3.05, 3.63) is 33.8 Å². The van der Waals surface area contributed by atoms with E-state index in [2.05, 4.69) is 15.9 Å². The quantitative estimate of drug-likeness (QED) is 0.798. The number of rotatable bonds is 1. The minimum absolute atomic E-state index is 0.0852. The number of morpholine rings is 1. The lowest BCUT2D eigenvalue weighted by atomic mass is 10.1. The van der Waals surface area contributed by atoms with Crippen LogP contribution in [0.3, 0.4) is 0 Å². The highest BCUT2D eigenvalue weighted by atomic mass is 79.9. The lowest BCUT2D eigenvalue weighted by Gasteiger charge is -2.36. The van der Waals surface area contributed by atoms with E-state index in [0.29, 0.717) is 13.2 Å². The molecule has 2 rings (SSSR count). The summed E-state index contributed by atoms with van der Waals surface area (Å²) in [6.45, 7) is 7.28. The number of hydrogen-bond donors (Lipinski definition) is 0. The number of aryl methyl sites for hydroxylation is 1. The zero-order valence-corrected chi connectivity index (χ0v) is 12.5. The van der Waals surface area contributed by atoms with Crippen LogP contribution in [-0.4, -0.2) is 36.1 Å². The number of amides is 1. The van der Waals surface area contributed by atoms with Gasteiger partial charge in [0, 0.05) is 16.6 Å². The molecule has 0 bridgehead atoms. The summed E-state index contributed by atoms with van der Waals surface area (Å²) in [5.41, 5.74) is 1.82. The lowest BCUT2D eigenvalue weighted by molar-refractivity contribution is -0.0387. The van der Waals surface area contributed by atoms with Gasteiger partial charge in [0.25, 0.3) is 5.91 Å². The molecule has 98 valence electrons. The van der Waals surface area contributed by atoms with Crippen molar-refractivity contribution in [2.24, 2.45) is 0 Å². The average Bonchev–Trinajstić information content (AvgIpc) is 2.30. The van der Waals surface area contributed by atoms with E-state index in [9.17, 15) is 4.79 Å². The Morgan fingerprint density at radius 2 is 2.11 bits per heavy atom. The van der Waals surface area contributed by atoms with Gasteiger partial charge in [0.05, 0.1) is 18.8 Å². The van der Waals surface area contributed by atoms with Crippen LogP contribution in [-0.2, 0) is 4.74 Å². The highest BCUT2D eigenvalue weighted by Crippen LogP contribution is 2.20. The highest BCUT2D eigenvalue weighted by molar-refractivity contribution is 9.10. The van der Waals surface area contributed by atoms with Gasteiger partial charge in [-0.2, -0.15) is 0 Å². The molecule has 4 heteroatoms. The first-order valence-electron chi connectivity index (χ1n) is 6.17. The second-order valence-electron chi connectivity index (χ2n) is 4.97. The van der Waals surface area contributed by atoms with Gasteiger partial charge in [0.2, 0.25) is 0 Å². The maximum absolute atomic E-state index is 12.5. The third-order valence-corrected chi connectivity index (χ3v) is 3.62. The van der Waals surface area contributed by atoms with Crippen LogP contribution in [0.2, 0.25) is 0 Å². The van der Waals surface area contributed by atoms with Gasteiger partial charge < -0.3 is 9.64 Å². The molecular formula is C14H18BrNO2. The first-order valence-corrected chi connectivity index (χ1v) is 6.96. The third-order valence-electron chi connectivity index (χ3n) is 3.16. The number of carbonyl (C=O) groups excluding carboxylic acids is 1. The molecule has 1 aromatic carbocycles. The van der Waals surface area contributed by atoms with Gasteiger partial charge in [0.1, 0.15) is 0 Å². The van der Waals surface area contributed by atoms with E-state index in [-0.39, 0.29) is 18.1 Å². The first-order chi connectivity index (χ1) is 8.47. The molecule has 1 aromatic rings. The molecule has 2 unspecified atom stereocenters. The molecule has 0 spiro atoms. The van der Waals surface area contributed by atoms with E-state index in [1.165, 1.54) is 0 Å². The molecule has 1 fully saturated rings. The molecule has 0 N–H and O–H groups in total. The fraction of sp³-hybridized carbons (Fsp3) is 0.500. The smallest absolute Gasteiger partial charge is 0.254 e. The van der Waals surface area contributed by atoms with Crippen molar-refractivity contribution in [3.63, 3.8) is 0 Å². The van der Waals surface area contributed by atoms with Crippen molar-refractivity contribution in [1.29, 1.82) is 0 Å². The van der Waals surface area contributed by atoms with Crippen molar-refractivity contribution < 1.29 is 9.53 Å². The number of nitrogens with zero attached hydrogens (tertiary/aromatic N) is 1. The Morgan fingerprint density at radius 1 is 1.39 bits per heavy atom. The fourth-order valence-electron chi connectivity index (χ4n) is 2.21. The second kappa shape index (κ2) is 5.41. The van der Waals surface area contributed by atoms with Crippen LogP contribution in [0.5, 0.6) is 0 Å². The number of halogens is 1. The van der Waals surface area contributed by atoms with E-state index in [0.717, 1.165) is 15.6 Å². The number of hydrogen-bond acceptors (Lipinski definition) is 2. The molecule has 2 atom stereocenters. The van der Waals surface area contributed by atoms with Gasteiger partial charge in [-0.05, 0) is 44.5 Å². The first kappa shape index (κ1) is 13.6. The van der Waals surface area contributed by atoms with Crippen LogP contribution in [0.15, 0.2) is 22.7 Å². The van der Waals surface area contributed by atoms with E-state index >= 15 is 0 Å². The second-order valence-corrected chi connectivity index (χ2v) is 5.88. The summed E-state index contributed by atoms with van der Waals surface area (Å²) in [7, 11) is 0. The largest absolute Gasteiger partial charge is 0.375 e. The van der Waals surface area contributed by atoms with Crippen LogP contribution < -0.4 is 0 Å². The maximum Gasteiger partial charge on any atom is 0.254 e. The van der Waals surface area contributed by atoms with Crippen LogP contribution in [0, 0.1) is 6.92 Å². The Kier molecular flexibility index (Phi) is 4.07. The predicted molar refractivity (Wildman–Crippen MR) is 74.8 cm³/mol. The van der Waals surface area contributed by atoms with Crippen LogP contribution in [0.4, 0.5) is 0 Å². The fourth-order valence-corrected chi connectivity index (χ4v) is 2.82. The van der Waals surface area contributed by atoms with Crippen molar-refractivity contribution in [1.82, 2.24) is 4.90 Å². The monoisotopic (exact) mass is 311 g/mol. The Bertz CT molecular complexity index is 441. The highest BCUT2D eigenvalue weighted by Gasteiger charge is 2.28. The van der Waals surface area contributed by atoms with Crippen molar-refractivity contribution in [2.75, 3.05) is 13.2 Å². The summed E-state index contributed by atoms with van der Waals surface area (Å²) in [5, 5.41) is 0. The predicted octanol–water partition coefficient (Wildman–Crippen LogP) is 3.01. The number of carbonyl (C=O) groups is 1. The minimum atomic E-state index is 0.0852. The maximum atomic E-state index is 12.5. The molecule has 1 saturated heterocycles. The Labute approximate surface area is 116 Å². The Morgan fingerprint density at radius 3 is 2.78 bits per heavy atom. The van der Waals surface area contributed by atoms with Gasteiger partial charge in [-0.15, -0.1) is 0 Å². The van der Waals surface area contributed by atoms with Gasteiger partial charge in [-0.3, -0.25) is 4.79 Å². The van der Waals surface area contributed by atoms with Crippen molar-refractivity contribution in [3.8, 4) is 0 Å². The summed E-state index contributed by atoms with van der Waals surface area (Å²) in [6, 6.07) is 5.94. The van der Waals surface area contributed by atoms with Crippen LogP contribution in [0.1, 0.15) is 29.8 Å². The molecule has 0 aliphatic carbocycles. The summed E-state index contributed by atoms with van der Waals surface area (Å²) in [6.07, 6.45) is 0.110. The molecule has 1 aliphatic rings. The Hall–Kier alpha value is -0.870. The van der Waals surface area contributed by atoms with E-state index in [1.54, 1.807) is 0 Å². The SMILES string of the molecule is Cc1cc(Br)cc(C(=O)N2CC(C)OCC2C)c1. The van der Waals surface area contributed by atoms with Crippen molar-refractivity contribution in [2.45, 2.75) is 32.9 Å². The summed E-state index contributed by atoms with van der Waals surface area (Å²) in [5.74, 6) is 0.0852. The molecule has 1 aliphatic heterocycles. The number of benzene rings is 1.